The smallest absolute Gasteiger partial charge is 0.323 e. The van der Waals surface area contributed by atoms with Gasteiger partial charge in [-0.05, 0) is 43.9 Å². The highest BCUT2D eigenvalue weighted by molar-refractivity contribution is 5.76. The highest BCUT2D eigenvalue weighted by atomic mass is 19.1. The number of nitrogens with one attached hydrogen (secondary N) is 1. The molecular weight excluding hydrogens is 233 g/mol. The molecule has 0 spiro atoms. The second kappa shape index (κ2) is 5.96. The highest BCUT2D eigenvalue weighted by Crippen LogP contribution is 2.17. The SMILES string of the molecule is CCOC(=O)C1CCC(Cc2ccc(F)cc2)N1. The Morgan fingerprint density at radius 2 is 2.11 bits per heavy atom. The van der Waals surface area contributed by atoms with Gasteiger partial charge in [-0.15, -0.1) is 0 Å². The van der Waals surface area contributed by atoms with Gasteiger partial charge in [0.05, 0.1) is 6.61 Å². The minimum atomic E-state index is -0.220. The fourth-order valence-corrected chi connectivity index (χ4v) is 2.31. The van der Waals surface area contributed by atoms with Crippen molar-refractivity contribution in [2.24, 2.45) is 0 Å². The third-order valence-electron chi connectivity index (χ3n) is 3.21. The molecule has 1 aromatic rings. The third kappa shape index (κ3) is 3.29. The molecule has 4 heteroatoms. The molecule has 1 heterocycles. The topological polar surface area (TPSA) is 38.3 Å². The lowest BCUT2D eigenvalue weighted by atomic mass is 10.0. The Hall–Kier alpha value is -1.42. The van der Waals surface area contributed by atoms with Crippen molar-refractivity contribution in [3.63, 3.8) is 0 Å². The van der Waals surface area contributed by atoms with Crippen LogP contribution in [0.25, 0.3) is 0 Å². The molecule has 0 radical (unpaired) electrons. The molecule has 0 aromatic heterocycles. The van der Waals surface area contributed by atoms with Gasteiger partial charge in [0, 0.05) is 6.04 Å². The molecule has 1 saturated heterocycles. The zero-order valence-electron chi connectivity index (χ0n) is 10.5. The molecule has 98 valence electrons. The maximum atomic E-state index is 12.8. The lowest BCUT2D eigenvalue weighted by Gasteiger charge is -2.13. The van der Waals surface area contributed by atoms with Gasteiger partial charge in [-0.3, -0.25) is 4.79 Å². The number of hydrogen-bond donors (Lipinski definition) is 1. The summed E-state index contributed by atoms with van der Waals surface area (Å²) in [6.45, 7) is 2.22. The molecule has 1 aliphatic heterocycles. The number of esters is 1. The molecule has 0 saturated carbocycles. The predicted molar refractivity (Wildman–Crippen MR) is 66.7 cm³/mol. The van der Waals surface area contributed by atoms with Crippen molar-refractivity contribution in [3.8, 4) is 0 Å². The van der Waals surface area contributed by atoms with Crippen LogP contribution in [-0.2, 0) is 16.0 Å². The Balaban J connectivity index is 1.86. The molecule has 18 heavy (non-hydrogen) atoms. The zero-order valence-corrected chi connectivity index (χ0v) is 10.5. The summed E-state index contributed by atoms with van der Waals surface area (Å²) in [5, 5.41) is 3.27. The van der Waals surface area contributed by atoms with E-state index in [9.17, 15) is 9.18 Å². The summed E-state index contributed by atoms with van der Waals surface area (Å²) in [5.41, 5.74) is 1.08. The van der Waals surface area contributed by atoms with Crippen LogP contribution in [0.1, 0.15) is 25.3 Å². The maximum Gasteiger partial charge on any atom is 0.323 e. The highest BCUT2D eigenvalue weighted by Gasteiger charge is 2.29. The molecule has 1 aromatic carbocycles. The molecule has 1 N–H and O–H groups in total. The van der Waals surface area contributed by atoms with Crippen molar-refractivity contribution >= 4 is 5.97 Å². The summed E-state index contributed by atoms with van der Waals surface area (Å²) in [5.74, 6) is -0.387. The molecule has 2 unspecified atom stereocenters. The van der Waals surface area contributed by atoms with E-state index < -0.39 is 0 Å². The van der Waals surface area contributed by atoms with E-state index in [1.807, 2.05) is 6.92 Å². The van der Waals surface area contributed by atoms with Gasteiger partial charge in [0.15, 0.2) is 0 Å². The van der Waals surface area contributed by atoms with Gasteiger partial charge < -0.3 is 10.1 Å². The van der Waals surface area contributed by atoms with Crippen molar-refractivity contribution < 1.29 is 13.9 Å². The molecule has 0 amide bonds. The minimum Gasteiger partial charge on any atom is -0.465 e. The first kappa shape index (κ1) is 13.0. The average molecular weight is 251 g/mol. The van der Waals surface area contributed by atoms with Gasteiger partial charge >= 0.3 is 5.97 Å². The number of halogens is 1. The van der Waals surface area contributed by atoms with Crippen molar-refractivity contribution in [2.75, 3.05) is 6.61 Å². The van der Waals surface area contributed by atoms with E-state index in [0.717, 1.165) is 24.8 Å². The number of rotatable bonds is 4. The first-order chi connectivity index (χ1) is 8.69. The van der Waals surface area contributed by atoms with E-state index in [0.29, 0.717) is 6.61 Å². The standard InChI is InChI=1S/C14H18FNO2/c1-2-18-14(17)13-8-7-12(16-13)9-10-3-5-11(15)6-4-10/h3-6,12-13,16H,2,7-9H2,1H3. The summed E-state index contributed by atoms with van der Waals surface area (Å²) >= 11 is 0. The van der Waals surface area contributed by atoms with Gasteiger partial charge in [0.25, 0.3) is 0 Å². The van der Waals surface area contributed by atoms with Crippen LogP contribution in [0.2, 0.25) is 0 Å². The number of carbonyl (C=O) groups is 1. The summed E-state index contributed by atoms with van der Waals surface area (Å²) in [6.07, 6.45) is 2.57. The van der Waals surface area contributed by atoms with Gasteiger partial charge in [-0.2, -0.15) is 0 Å². The first-order valence-corrected chi connectivity index (χ1v) is 6.36. The van der Waals surface area contributed by atoms with Gasteiger partial charge in [0.2, 0.25) is 0 Å². The Kier molecular flexibility index (Phi) is 4.31. The minimum absolute atomic E-state index is 0.167. The summed E-state index contributed by atoms with van der Waals surface area (Å²) < 4.78 is 17.8. The zero-order chi connectivity index (χ0) is 13.0. The summed E-state index contributed by atoms with van der Waals surface area (Å²) in [6, 6.07) is 6.59. The second-order valence-electron chi connectivity index (χ2n) is 4.58. The van der Waals surface area contributed by atoms with E-state index in [-0.39, 0.29) is 23.9 Å². The van der Waals surface area contributed by atoms with Crippen LogP contribution in [-0.4, -0.2) is 24.7 Å². The van der Waals surface area contributed by atoms with Crippen LogP contribution in [0.15, 0.2) is 24.3 Å². The fourth-order valence-electron chi connectivity index (χ4n) is 2.31. The van der Waals surface area contributed by atoms with Crippen LogP contribution in [0.3, 0.4) is 0 Å². The predicted octanol–water partition coefficient (Wildman–Crippen LogP) is 2.05. The molecule has 2 atom stereocenters. The van der Waals surface area contributed by atoms with Crippen LogP contribution >= 0.6 is 0 Å². The van der Waals surface area contributed by atoms with Crippen LogP contribution in [0.5, 0.6) is 0 Å². The maximum absolute atomic E-state index is 12.8. The van der Waals surface area contributed by atoms with Crippen molar-refractivity contribution in [3.05, 3.63) is 35.6 Å². The van der Waals surface area contributed by atoms with E-state index in [1.165, 1.54) is 12.1 Å². The third-order valence-corrected chi connectivity index (χ3v) is 3.21. The quantitative estimate of drug-likeness (QED) is 0.832. The fraction of sp³-hybridized carbons (Fsp3) is 0.500. The molecular formula is C14H18FNO2. The van der Waals surface area contributed by atoms with Gasteiger partial charge in [0.1, 0.15) is 11.9 Å². The van der Waals surface area contributed by atoms with Crippen molar-refractivity contribution in [1.29, 1.82) is 0 Å². The number of carbonyl (C=O) groups excluding carboxylic acids is 1. The normalized spacial score (nSPS) is 23.0. The summed E-state index contributed by atoms with van der Waals surface area (Å²) in [7, 11) is 0. The molecule has 1 fully saturated rings. The lowest BCUT2D eigenvalue weighted by molar-refractivity contribution is -0.145. The van der Waals surface area contributed by atoms with E-state index in [1.54, 1.807) is 12.1 Å². The number of ether oxygens (including phenoxy) is 1. The van der Waals surface area contributed by atoms with Crippen LogP contribution in [0, 0.1) is 5.82 Å². The second-order valence-corrected chi connectivity index (χ2v) is 4.58. The average Bonchev–Trinajstić information content (AvgIpc) is 2.81. The largest absolute Gasteiger partial charge is 0.465 e. The monoisotopic (exact) mass is 251 g/mol. The van der Waals surface area contributed by atoms with E-state index in [4.69, 9.17) is 4.74 Å². The van der Waals surface area contributed by atoms with Gasteiger partial charge in [-0.25, -0.2) is 4.39 Å². The Morgan fingerprint density at radius 3 is 2.78 bits per heavy atom. The van der Waals surface area contributed by atoms with E-state index >= 15 is 0 Å². The van der Waals surface area contributed by atoms with Gasteiger partial charge in [-0.1, -0.05) is 12.1 Å². The van der Waals surface area contributed by atoms with Crippen LogP contribution in [0.4, 0.5) is 4.39 Å². The van der Waals surface area contributed by atoms with Crippen molar-refractivity contribution in [2.45, 2.75) is 38.3 Å². The Labute approximate surface area is 106 Å². The first-order valence-electron chi connectivity index (χ1n) is 6.36. The lowest BCUT2D eigenvalue weighted by Crippen LogP contribution is -2.37. The molecule has 0 aliphatic carbocycles. The van der Waals surface area contributed by atoms with Crippen LogP contribution < -0.4 is 5.32 Å². The number of benzene rings is 1. The molecule has 2 rings (SSSR count). The number of hydrogen-bond acceptors (Lipinski definition) is 3. The Morgan fingerprint density at radius 1 is 1.39 bits per heavy atom. The van der Waals surface area contributed by atoms with E-state index in [2.05, 4.69) is 5.32 Å². The Bertz CT molecular complexity index is 405. The molecule has 1 aliphatic rings. The van der Waals surface area contributed by atoms with Crippen molar-refractivity contribution in [1.82, 2.24) is 5.32 Å². The summed E-state index contributed by atoms with van der Waals surface area (Å²) in [4.78, 5) is 11.6. The molecule has 0 bridgehead atoms. The molecule has 3 nitrogen and oxygen atoms in total.